The molecule has 0 unspecified atom stereocenters. The molecule has 1 aromatic carbocycles. The fraction of sp³-hybridized carbons (Fsp3) is 0.0909. The lowest BCUT2D eigenvalue weighted by atomic mass is 10.1. The molecular weight excluding hydrogens is 287 g/mol. The van der Waals surface area contributed by atoms with Crippen molar-refractivity contribution >= 4 is 28.4 Å². The molecule has 0 aliphatic carbocycles. The summed E-state index contributed by atoms with van der Waals surface area (Å²) in [6.45, 7) is 0. The third-order valence-corrected chi connectivity index (χ3v) is 3.08. The number of carbonyl (C=O) groups excluding carboxylic acids is 1. The zero-order chi connectivity index (χ0) is 13.3. The molecule has 1 aromatic heterocycles. The Hall–Kier alpha value is -1.40. The molecule has 0 saturated heterocycles. The Labute approximate surface area is 109 Å². The van der Waals surface area contributed by atoms with Gasteiger partial charge in [0.2, 0.25) is 0 Å². The standard InChI is InChI=1S/C11H5ClF3NOS/c12-10(17)8-5-18-16-9(8)6-2-1-3-7(4-6)11(13,14)15/h1-5H. The van der Waals surface area contributed by atoms with Crippen molar-refractivity contribution in [2.24, 2.45) is 0 Å². The molecule has 2 aromatic rings. The summed E-state index contributed by atoms with van der Waals surface area (Å²) < 4.78 is 41.6. The topological polar surface area (TPSA) is 30.0 Å². The Balaban J connectivity index is 2.52. The van der Waals surface area contributed by atoms with Gasteiger partial charge in [-0.15, -0.1) is 0 Å². The highest BCUT2D eigenvalue weighted by atomic mass is 35.5. The highest BCUT2D eigenvalue weighted by Gasteiger charge is 2.30. The summed E-state index contributed by atoms with van der Waals surface area (Å²) >= 11 is 6.30. The van der Waals surface area contributed by atoms with Crippen molar-refractivity contribution in [3.63, 3.8) is 0 Å². The number of alkyl halides is 3. The predicted octanol–water partition coefficient (Wildman–Crippen LogP) is 4.21. The summed E-state index contributed by atoms with van der Waals surface area (Å²) in [5, 5.41) is 0.668. The van der Waals surface area contributed by atoms with Crippen LogP contribution in [-0.2, 0) is 6.18 Å². The van der Waals surface area contributed by atoms with Gasteiger partial charge in [-0.25, -0.2) is 0 Å². The highest BCUT2D eigenvalue weighted by molar-refractivity contribution is 7.04. The van der Waals surface area contributed by atoms with Crippen molar-refractivity contribution in [1.82, 2.24) is 4.37 Å². The fourth-order valence-electron chi connectivity index (χ4n) is 1.43. The molecule has 0 amide bonds. The van der Waals surface area contributed by atoms with E-state index >= 15 is 0 Å². The van der Waals surface area contributed by atoms with E-state index in [-0.39, 0.29) is 16.8 Å². The van der Waals surface area contributed by atoms with Crippen LogP contribution in [0.4, 0.5) is 13.2 Å². The Morgan fingerprint density at radius 2 is 2.06 bits per heavy atom. The van der Waals surface area contributed by atoms with Crippen molar-refractivity contribution < 1.29 is 18.0 Å². The zero-order valence-corrected chi connectivity index (χ0v) is 10.2. The monoisotopic (exact) mass is 291 g/mol. The number of rotatable bonds is 2. The first-order valence-electron chi connectivity index (χ1n) is 4.71. The van der Waals surface area contributed by atoms with Crippen LogP contribution in [0.15, 0.2) is 29.6 Å². The molecular formula is C11H5ClF3NOS. The van der Waals surface area contributed by atoms with E-state index in [4.69, 9.17) is 11.6 Å². The fourth-order valence-corrected chi connectivity index (χ4v) is 2.32. The van der Waals surface area contributed by atoms with E-state index in [1.165, 1.54) is 17.5 Å². The van der Waals surface area contributed by atoms with E-state index in [1.807, 2.05) is 0 Å². The molecule has 2 rings (SSSR count). The van der Waals surface area contributed by atoms with Gasteiger partial charge in [-0.05, 0) is 35.3 Å². The highest BCUT2D eigenvalue weighted by Crippen LogP contribution is 2.33. The smallest absolute Gasteiger partial charge is 0.275 e. The number of nitrogens with zero attached hydrogens (tertiary/aromatic N) is 1. The average molecular weight is 292 g/mol. The normalized spacial score (nSPS) is 11.6. The van der Waals surface area contributed by atoms with Gasteiger partial charge in [0.1, 0.15) is 0 Å². The molecule has 18 heavy (non-hydrogen) atoms. The Bertz CT molecular complexity index is 594. The Morgan fingerprint density at radius 1 is 1.33 bits per heavy atom. The molecule has 7 heteroatoms. The van der Waals surface area contributed by atoms with Crippen LogP contribution < -0.4 is 0 Å². The number of hydrogen-bond acceptors (Lipinski definition) is 3. The van der Waals surface area contributed by atoms with Gasteiger partial charge in [0.05, 0.1) is 16.8 Å². The predicted molar refractivity (Wildman–Crippen MR) is 62.7 cm³/mol. The summed E-state index contributed by atoms with van der Waals surface area (Å²) in [6.07, 6.45) is -4.43. The molecule has 0 aliphatic rings. The minimum Gasteiger partial charge on any atom is -0.275 e. The maximum atomic E-state index is 12.6. The van der Waals surface area contributed by atoms with E-state index in [2.05, 4.69) is 4.37 Å². The lowest BCUT2D eigenvalue weighted by Gasteiger charge is -2.07. The molecule has 1 heterocycles. The quantitative estimate of drug-likeness (QED) is 0.776. The molecule has 0 radical (unpaired) electrons. The first-order valence-corrected chi connectivity index (χ1v) is 5.93. The molecule has 2 nitrogen and oxygen atoms in total. The maximum absolute atomic E-state index is 12.6. The summed E-state index contributed by atoms with van der Waals surface area (Å²) in [7, 11) is 0. The van der Waals surface area contributed by atoms with Crippen molar-refractivity contribution in [2.45, 2.75) is 6.18 Å². The van der Waals surface area contributed by atoms with E-state index in [0.717, 1.165) is 23.7 Å². The number of halogens is 4. The van der Waals surface area contributed by atoms with Crippen LogP contribution in [0.5, 0.6) is 0 Å². The molecule has 0 saturated carbocycles. The number of hydrogen-bond donors (Lipinski definition) is 0. The molecule has 0 aliphatic heterocycles. The number of aromatic nitrogens is 1. The van der Waals surface area contributed by atoms with Gasteiger partial charge in [-0.2, -0.15) is 17.5 Å². The summed E-state index contributed by atoms with van der Waals surface area (Å²) in [6, 6.07) is 4.62. The third kappa shape index (κ3) is 2.54. The van der Waals surface area contributed by atoms with Crippen LogP contribution in [0, 0.1) is 0 Å². The zero-order valence-electron chi connectivity index (χ0n) is 8.66. The summed E-state index contributed by atoms with van der Waals surface area (Å²) in [4.78, 5) is 11.1. The molecule has 0 fully saturated rings. The van der Waals surface area contributed by atoms with Crippen LogP contribution in [0.3, 0.4) is 0 Å². The lowest BCUT2D eigenvalue weighted by Crippen LogP contribution is -2.04. The van der Waals surface area contributed by atoms with Crippen LogP contribution >= 0.6 is 23.1 Å². The lowest BCUT2D eigenvalue weighted by molar-refractivity contribution is -0.137. The SMILES string of the molecule is O=C(Cl)c1csnc1-c1cccc(C(F)(F)F)c1. The van der Waals surface area contributed by atoms with Gasteiger partial charge in [0, 0.05) is 10.9 Å². The van der Waals surface area contributed by atoms with Crippen molar-refractivity contribution in [2.75, 3.05) is 0 Å². The first kappa shape index (κ1) is 13.0. The second kappa shape index (κ2) is 4.70. The van der Waals surface area contributed by atoms with Crippen molar-refractivity contribution in [3.8, 4) is 11.3 Å². The van der Waals surface area contributed by atoms with Crippen LogP contribution in [0.2, 0.25) is 0 Å². The van der Waals surface area contributed by atoms with Crippen molar-refractivity contribution in [1.29, 1.82) is 0 Å². The Kier molecular flexibility index (Phi) is 3.41. The molecule has 0 bridgehead atoms. The minimum atomic E-state index is -4.43. The van der Waals surface area contributed by atoms with E-state index in [1.54, 1.807) is 0 Å². The maximum Gasteiger partial charge on any atom is 0.416 e. The van der Waals surface area contributed by atoms with E-state index < -0.39 is 17.0 Å². The minimum absolute atomic E-state index is 0.112. The molecule has 94 valence electrons. The number of carbonyl (C=O) groups is 1. The van der Waals surface area contributed by atoms with Gasteiger partial charge in [-0.1, -0.05) is 12.1 Å². The average Bonchev–Trinajstić information content (AvgIpc) is 2.77. The second-order valence-electron chi connectivity index (χ2n) is 3.43. The van der Waals surface area contributed by atoms with E-state index in [9.17, 15) is 18.0 Å². The van der Waals surface area contributed by atoms with Crippen LogP contribution in [-0.4, -0.2) is 9.62 Å². The van der Waals surface area contributed by atoms with Gasteiger partial charge in [0.25, 0.3) is 5.24 Å². The van der Waals surface area contributed by atoms with E-state index in [0.29, 0.717) is 0 Å². The van der Waals surface area contributed by atoms with Crippen LogP contribution in [0.1, 0.15) is 15.9 Å². The summed E-state index contributed by atoms with van der Waals surface area (Å²) in [5.41, 5.74) is -0.289. The first-order chi connectivity index (χ1) is 8.39. The van der Waals surface area contributed by atoms with Crippen molar-refractivity contribution in [3.05, 3.63) is 40.8 Å². The third-order valence-electron chi connectivity index (χ3n) is 2.24. The van der Waals surface area contributed by atoms with Gasteiger partial charge >= 0.3 is 6.18 Å². The molecule has 0 spiro atoms. The largest absolute Gasteiger partial charge is 0.416 e. The summed E-state index contributed by atoms with van der Waals surface area (Å²) in [5.74, 6) is 0. The molecule has 0 N–H and O–H groups in total. The van der Waals surface area contributed by atoms with Gasteiger partial charge in [0.15, 0.2) is 0 Å². The second-order valence-corrected chi connectivity index (χ2v) is 4.40. The molecule has 0 atom stereocenters. The van der Waals surface area contributed by atoms with Gasteiger partial charge in [-0.3, -0.25) is 4.79 Å². The Morgan fingerprint density at radius 3 is 2.67 bits per heavy atom. The van der Waals surface area contributed by atoms with Gasteiger partial charge < -0.3 is 0 Å². The van der Waals surface area contributed by atoms with Crippen LogP contribution in [0.25, 0.3) is 11.3 Å². The number of benzene rings is 1.